The van der Waals surface area contributed by atoms with E-state index in [4.69, 9.17) is 18.9 Å². The van der Waals surface area contributed by atoms with Crippen LogP contribution >= 0.6 is 0 Å². The van der Waals surface area contributed by atoms with Crippen LogP contribution in [0.1, 0.15) is 15.9 Å². The number of benzene rings is 3. The van der Waals surface area contributed by atoms with Crippen molar-refractivity contribution in [3.63, 3.8) is 0 Å². The standard InChI is InChI=1S/C30H35N3O8S/c1-32-11-13-33(14-12-32)26-19-23(21-8-6-7-9-27(21)39-3)24(30(34)35)18-25(26)31-42(36,37)15-10-22-28(40-4)16-20(38-2)17-29(22)41-5/h6-10,15-19,31H,11-14H2,1-5H3,(H,34,35)/b15-10+. The Labute approximate surface area is 245 Å². The molecular weight excluding hydrogens is 562 g/mol. The molecule has 0 radical (unpaired) electrons. The molecule has 12 heteroatoms. The number of ether oxygens (including phenoxy) is 4. The molecule has 1 heterocycles. The van der Waals surface area contributed by atoms with Crippen molar-refractivity contribution in [3.05, 3.63) is 65.1 Å². The Hall–Kier alpha value is -4.42. The first-order chi connectivity index (χ1) is 20.1. The Balaban J connectivity index is 1.81. The second kappa shape index (κ2) is 13.0. The molecule has 1 aliphatic heterocycles. The van der Waals surface area contributed by atoms with Gasteiger partial charge in [-0.05, 0) is 31.3 Å². The van der Waals surface area contributed by atoms with E-state index < -0.39 is 16.0 Å². The molecule has 0 bridgehead atoms. The van der Waals surface area contributed by atoms with Crippen LogP contribution in [0, 0.1) is 0 Å². The predicted octanol–water partition coefficient (Wildman–Crippen LogP) is 4.25. The summed E-state index contributed by atoms with van der Waals surface area (Å²) in [7, 11) is 3.81. The Morgan fingerprint density at radius 1 is 0.857 bits per heavy atom. The number of aromatic carboxylic acids is 1. The zero-order chi connectivity index (χ0) is 30.4. The summed E-state index contributed by atoms with van der Waals surface area (Å²) >= 11 is 0. The molecule has 11 nitrogen and oxygen atoms in total. The first kappa shape index (κ1) is 30.5. The van der Waals surface area contributed by atoms with Gasteiger partial charge in [-0.25, -0.2) is 13.2 Å². The van der Waals surface area contributed by atoms with Crippen LogP contribution in [0.2, 0.25) is 0 Å². The van der Waals surface area contributed by atoms with Crippen LogP contribution in [0.4, 0.5) is 11.4 Å². The molecule has 1 fully saturated rings. The molecule has 2 N–H and O–H groups in total. The highest BCUT2D eigenvalue weighted by Gasteiger charge is 2.25. The minimum absolute atomic E-state index is 0.0717. The molecule has 3 aromatic carbocycles. The van der Waals surface area contributed by atoms with E-state index in [0.717, 1.165) is 18.5 Å². The highest BCUT2D eigenvalue weighted by atomic mass is 32.2. The largest absolute Gasteiger partial charge is 0.496 e. The number of nitrogens with zero attached hydrogens (tertiary/aromatic N) is 2. The van der Waals surface area contributed by atoms with E-state index in [2.05, 4.69) is 9.62 Å². The van der Waals surface area contributed by atoms with Crippen molar-refractivity contribution in [3.8, 4) is 34.1 Å². The highest BCUT2D eigenvalue weighted by molar-refractivity contribution is 7.95. The number of piperazine rings is 1. The molecule has 224 valence electrons. The van der Waals surface area contributed by atoms with Gasteiger partial charge in [0.05, 0.1) is 56.3 Å². The van der Waals surface area contributed by atoms with Crippen LogP contribution in [0.5, 0.6) is 23.0 Å². The van der Waals surface area contributed by atoms with Gasteiger partial charge in [0.2, 0.25) is 0 Å². The molecular formula is C30H35N3O8S. The molecule has 0 spiro atoms. The summed E-state index contributed by atoms with van der Waals surface area (Å²) in [6.45, 7) is 2.76. The Morgan fingerprint density at radius 2 is 1.48 bits per heavy atom. The van der Waals surface area contributed by atoms with Crippen molar-refractivity contribution >= 4 is 33.4 Å². The Kier molecular flexibility index (Phi) is 9.48. The maximum atomic E-state index is 13.4. The molecule has 0 aromatic heterocycles. The summed E-state index contributed by atoms with van der Waals surface area (Å²) in [4.78, 5) is 16.7. The molecule has 0 aliphatic carbocycles. The second-order valence-corrected chi connectivity index (χ2v) is 11.2. The lowest BCUT2D eigenvalue weighted by molar-refractivity contribution is 0.0697. The van der Waals surface area contributed by atoms with Gasteiger partial charge >= 0.3 is 5.97 Å². The summed E-state index contributed by atoms with van der Waals surface area (Å²) in [5.74, 6) is 0.484. The van der Waals surface area contributed by atoms with Gasteiger partial charge in [0.1, 0.15) is 23.0 Å². The summed E-state index contributed by atoms with van der Waals surface area (Å²) in [6, 6.07) is 13.4. The van der Waals surface area contributed by atoms with Gasteiger partial charge in [-0.2, -0.15) is 0 Å². The fraction of sp³-hybridized carbons (Fsp3) is 0.300. The molecule has 0 amide bonds. The number of carboxylic acids is 1. The lowest BCUT2D eigenvalue weighted by Crippen LogP contribution is -2.44. The van der Waals surface area contributed by atoms with Crippen LogP contribution in [-0.4, -0.2) is 86.1 Å². The Morgan fingerprint density at radius 3 is 2.05 bits per heavy atom. The number of sulfonamides is 1. The summed E-state index contributed by atoms with van der Waals surface area (Å²) in [6.07, 6.45) is 1.36. The average molecular weight is 598 g/mol. The predicted molar refractivity (Wildman–Crippen MR) is 163 cm³/mol. The number of hydrogen-bond donors (Lipinski definition) is 2. The van der Waals surface area contributed by atoms with Crippen molar-refractivity contribution in [2.24, 2.45) is 0 Å². The van der Waals surface area contributed by atoms with E-state index >= 15 is 0 Å². The zero-order valence-electron chi connectivity index (χ0n) is 24.2. The number of hydrogen-bond acceptors (Lipinski definition) is 9. The van der Waals surface area contributed by atoms with Crippen molar-refractivity contribution in [2.75, 3.05) is 71.3 Å². The number of carbonyl (C=O) groups is 1. The molecule has 4 rings (SSSR count). The van der Waals surface area contributed by atoms with Crippen molar-refractivity contribution < 1.29 is 37.3 Å². The van der Waals surface area contributed by atoms with Crippen LogP contribution < -0.4 is 28.6 Å². The summed E-state index contributed by atoms with van der Waals surface area (Å²) in [5, 5.41) is 11.2. The molecule has 1 aliphatic rings. The normalized spacial score (nSPS) is 14.1. The van der Waals surface area contributed by atoms with E-state index in [-0.39, 0.29) is 11.3 Å². The van der Waals surface area contributed by atoms with Gasteiger partial charge in [-0.1, -0.05) is 18.2 Å². The monoisotopic (exact) mass is 597 g/mol. The van der Waals surface area contributed by atoms with E-state index in [1.54, 1.807) is 42.5 Å². The minimum atomic E-state index is -4.13. The zero-order valence-corrected chi connectivity index (χ0v) is 25.0. The van der Waals surface area contributed by atoms with Crippen LogP contribution in [-0.2, 0) is 10.0 Å². The van der Waals surface area contributed by atoms with E-state index in [1.165, 1.54) is 40.6 Å². The van der Waals surface area contributed by atoms with Gasteiger partial charge in [0.25, 0.3) is 10.0 Å². The lowest BCUT2D eigenvalue weighted by atomic mass is 9.96. The number of anilines is 2. The van der Waals surface area contributed by atoms with Crippen molar-refractivity contribution in [1.29, 1.82) is 0 Å². The third kappa shape index (κ3) is 6.72. The fourth-order valence-corrected chi connectivity index (χ4v) is 5.64. The summed E-state index contributed by atoms with van der Waals surface area (Å²) in [5.41, 5.74) is 2.03. The van der Waals surface area contributed by atoms with Gasteiger partial charge in [-0.15, -0.1) is 0 Å². The topological polar surface area (TPSA) is 127 Å². The van der Waals surface area contributed by atoms with Gasteiger partial charge in [-0.3, -0.25) is 4.72 Å². The molecule has 0 atom stereocenters. The molecule has 0 saturated carbocycles. The summed E-state index contributed by atoms with van der Waals surface area (Å²) < 4.78 is 51.1. The fourth-order valence-electron chi connectivity index (χ4n) is 4.79. The van der Waals surface area contributed by atoms with Crippen LogP contribution in [0.25, 0.3) is 17.2 Å². The van der Waals surface area contributed by atoms with Crippen LogP contribution in [0.15, 0.2) is 53.9 Å². The number of carboxylic acid groups (broad SMARTS) is 1. The smallest absolute Gasteiger partial charge is 0.336 e. The highest BCUT2D eigenvalue weighted by Crippen LogP contribution is 2.40. The van der Waals surface area contributed by atoms with E-state index in [0.29, 0.717) is 58.5 Å². The minimum Gasteiger partial charge on any atom is -0.496 e. The number of methoxy groups -OCH3 is 4. The third-order valence-electron chi connectivity index (χ3n) is 7.03. The second-order valence-electron chi connectivity index (χ2n) is 9.61. The maximum Gasteiger partial charge on any atom is 0.336 e. The lowest BCUT2D eigenvalue weighted by Gasteiger charge is -2.35. The third-order valence-corrected chi connectivity index (χ3v) is 8.03. The SMILES string of the molecule is COc1cc(OC)c(/C=C/S(=O)(=O)Nc2cc(C(=O)O)c(-c3ccccc3OC)cc2N2CCN(C)CC2)c(OC)c1. The molecule has 0 unspecified atom stereocenters. The van der Waals surface area contributed by atoms with E-state index in [1.807, 2.05) is 11.9 Å². The number of nitrogens with one attached hydrogen (secondary N) is 1. The van der Waals surface area contributed by atoms with Gasteiger partial charge < -0.3 is 33.9 Å². The first-order valence-corrected chi connectivity index (χ1v) is 14.6. The molecule has 42 heavy (non-hydrogen) atoms. The van der Waals surface area contributed by atoms with Gasteiger partial charge in [0, 0.05) is 49.4 Å². The molecule has 3 aromatic rings. The first-order valence-electron chi connectivity index (χ1n) is 13.1. The van der Waals surface area contributed by atoms with E-state index in [9.17, 15) is 18.3 Å². The molecule has 1 saturated heterocycles. The number of likely N-dealkylation sites (N-methyl/N-ethyl adjacent to an activating group) is 1. The quantitative estimate of drug-likeness (QED) is 0.331. The van der Waals surface area contributed by atoms with Crippen molar-refractivity contribution in [1.82, 2.24) is 4.90 Å². The van der Waals surface area contributed by atoms with Crippen molar-refractivity contribution in [2.45, 2.75) is 0 Å². The Bertz CT molecular complexity index is 1560. The average Bonchev–Trinajstić information content (AvgIpc) is 2.99. The van der Waals surface area contributed by atoms with Crippen LogP contribution in [0.3, 0.4) is 0 Å². The number of rotatable bonds is 11. The number of para-hydroxylation sites is 1. The maximum absolute atomic E-state index is 13.4. The van der Waals surface area contributed by atoms with Gasteiger partial charge in [0.15, 0.2) is 0 Å².